The van der Waals surface area contributed by atoms with Crippen molar-refractivity contribution in [3.63, 3.8) is 0 Å². The first-order valence-corrected chi connectivity index (χ1v) is 12.6. The number of para-hydroxylation sites is 1. The standard InChI is InChI=1S/C31H31N7/c1-6-27-26(14-20(4)23-15-24(18-33-17-23)34-21(5)13-19(2)3)30(38-37-27)31-35-28-11-7-10-25(29(28)36-31)22-9-8-12-32-16-22/h6-12,14-19,34,37H,4-5,13H2,1-3H3,(H,35,36)/b26-14+,27-6+. The average molecular weight is 502 g/mol. The molecule has 0 amide bonds. The topological polar surface area (TPSA) is 95.2 Å². The van der Waals surface area contributed by atoms with E-state index in [1.165, 1.54) is 0 Å². The first-order chi connectivity index (χ1) is 18.4. The molecular formula is C31H31N7. The molecule has 0 fully saturated rings. The molecule has 0 bridgehead atoms. The molecule has 0 aliphatic rings. The third-order valence-electron chi connectivity index (χ3n) is 6.24. The van der Waals surface area contributed by atoms with E-state index in [2.05, 4.69) is 63.5 Å². The summed E-state index contributed by atoms with van der Waals surface area (Å²) in [6, 6.07) is 12.1. The van der Waals surface area contributed by atoms with Crippen molar-refractivity contribution in [1.29, 1.82) is 0 Å². The van der Waals surface area contributed by atoms with Crippen molar-refractivity contribution in [2.75, 3.05) is 5.32 Å². The molecule has 0 radical (unpaired) electrons. The lowest BCUT2D eigenvalue weighted by atomic mass is 10.1. The summed E-state index contributed by atoms with van der Waals surface area (Å²) < 4.78 is 0. The number of allylic oxidation sites excluding steroid dienone is 2. The van der Waals surface area contributed by atoms with Crippen LogP contribution in [0.3, 0.4) is 0 Å². The van der Waals surface area contributed by atoms with E-state index < -0.39 is 0 Å². The molecule has 0 unspecified atom stereocenters. The number of imidazole rings is 1. The fraction of sp³-hybridized carbons (Fsp3) is 0.161. The fourth-order valence-electron chi connectivity index (χ4n) is 4.50. The molecule has 5 aromatic rings. The van der Waals surface area contributed by atoms with E-state index in [0.29, 0.717) is 11.7 Å². The summed E-state index contributed by atoms with van der Waals surface area (Å²) in [6.07, 6.45) is 12.1. The van der Waals surface area contributed by atoms with Gasteiger partial charge in [-0.15, -0.1) is 0 Å². The van der Waals surface area contributed by atoms with Crippen LogP contribution in [0.4, 0.5) is 5.69 Å². The lowest BCUT2D eigenvalue weighted by Gasteiger charge is -2.12. The summed E-state index contributed by atoms with van der Waals surface area (Å²) in [6.45, 7) is 14.8. The van der Waals surface area contributed by atoms with Crippen molar-refractivity contribution in [3.05, 3.63) is 96.2 Å². The second kappa shape index (κ2) is 10.7. The first-order valence-electron chi connectivity index (χ1n) is 12.6. The Hall–Kier alpha value is -4.78. The Bertz CT molecular complexity index is 1740. The van der Waals surface area contributed by atoms with Crippen LogP contribution in [0.2, 0.25) is 0 Å². The maximum absolute atomic E-state index is 4.96. The normalized spacial score (nSPS) is 12.4. The van der Waals surface area contributed by atoms with Gasteiger partial charge in [0.05, 0.1) is 28.3 Å². The number of hydrogen-bond donors (Lipinski definition) is 3. The minimum Gasteiger partial charge on any atom is -0.358 e. The van der Waals surface area contributed by atoms with Crippen LogP contribution in [0.25, 0.3) is 51.4 Å². The van der Waals surface area contributed by atoms with E-state index in [4.69, 9.17) is 4.98 Å². The van der Waals surface area contributed by atoms with Gasteiger partial charge in [0.25, 0.3) is 0 Å². The SMILES string of the molecule is C=C(CC(C)C)Nc1cncc(C(=C)/C=c2/c(-c3nc4c(-c5cccnc5)cccc4[nH]3)n[nH]/c2=C/C)c1. The number of fused-ring (bicyclic) bond motifs is 1. The van der Waals surface area contributed by atoms with Crippen molar-refractivity contribution in [1.82, 2.24) is 30.1 Å². The number of anilines is 1. The molecule has 38 heavy (non-hydrogen) atoms. The Labute approximate surface area is 221 Å². The van der Waals surface area contributed by atoms with Crippen LogP contribution >= 0.6 is 0 Å². The number of H-pyrrole nitrogens is 2. The van der Waals surface area contributed by atoms with Crippen molar-refractivity contribution in [2.24, 2.45) is 5.92 Å². The van der Waals surface area contributed by atoms with E-state index in [1.807, 2.05) is 61.8 Å². The van der Waals surface area contributed by atoms with E-state index in [9.17, 15) is 0 Å². The number of benzene rings is 1. The molecule has 1 aromatic carbocycles. The number of aromatic amines is 2. The van der Waals surface area contributed by atoms with E-state index in [1.54, 1.807) is 12.4 Å². The predicted octanol–water partition coefficient (Wildman–Crippen LogP) is 5.68. The molecule has 0 saturated heterocycles. The lowest BCUT2D eigenvalue weighted by molar-refractivity contribution is 0.645. The molecule has 0 aliphatic carbocycles. The van der Waals surface area contributed by atoms with Gasteiger partial charge in [0.15, 0.2) is 5.82 Å². The molecule has 3 N–H and O–H groups in total. The number of pyridine rings is 2. The van der Waals surface area contributed by atoms with Crippen LogP contribution in [0.5, 0.6) is 0 Å². The second-order valence-electron chi connectivity index (χ2n) is 9.68. The molecular weight excluding hydrogens is 470 g/mol. The first kappa shape index (κ1) is 24.9. The van der Waals surface area contributed by atoms with Crippen LogP contribution in [-0.2, 0) is 0 Å². The van der Waals surface area contributed by atoms with Gasteiger partial charge >= 0.3 is 0 Å². The van der Waals surface area contributed by atoms with Gasteiger partial charge in [-0.25, -0.2) is 4.98 Å². The summed E-state index contributed by atoms with van der Waals surface area (Å²) in [5.74, 6) is 1.20. The van der Waals surface area contributed by atoms with Crippen molar-refractivity contribution in [3.8, 4) is 22.6 Å². The summed E-state index contributed by atoms with van der Waals surface area (Å²) in [5.41, 5.74) is 8.12. The Morgan fingerprint density at radius 3 is 2.71 bits per heavy atom. The molecule has 0 saturated carbocycles. The van der Waals surface area contributed by atoms with Crippen LogP contribution in [-0.4, -0.2) is 30.1 Å². The van der Waals surface area contributed by atoms with Gasteiger partial charge in [0.2, 0.25) is 0 Å². The van der Waals surface area contributed by atoms with E-state index in [-0.39, 0.29) is 0 Å². The largest absolute Gasteiger partial charge is 0.358 e. The van der Waals surface area contributed by atoms with Gasteiger partial charge in [0, 0.05) is 46.2 Å². The number of nitrogens with one attached hydrogen (secondary N) is 3. The van der Waals surface area contributed by atoms with Crippen LogP contribution < -0.4 is 15.9 Å². The average Bonchev–Trinajstić information content (AvgIpc) is 3.52. The Morgan fingerprint density at radius 1 is 1.08 bits per heavy atom. The molecule has 0 spiro atoms. The number of rotatable bonds is 8. The molecule has 7 heteroatoms. The maximum atomic E-state index is 4.96. The van der Waals surface area contributed by atoms with Gasteiger partial charge in [-0.1, -0.05) is 51.3 Å². The third kappa shape index (κ3) is 5.18. The molecule has 0 aliphatic heterocycles. The van der Waals surface area contributed by atoms with Crippen LogP contribution in [0.1, 0.15) is 32.8 Å². The number of hydrogen-bond acceptors (Lipinski definition) is 5. The van der Waals surface area contributed by atoms with Crippen LogP contribution in [0, 0.1) is 5.92 Å². The van der Waals surface area contributed by atoms with Gasteiger partial charge in [0.1, 0.15) is 5.69 Å². The Morgan fingerprint density at radius 2 is 1.95 bits per heavy atom. The van der Waals surface area contributed by atoms with E-state index >= 15 is 0 Å². The zero-order chi connectivity index (χ0) is 26.6. The van der Waals surface area contributed by atoms with Gasteiger partial charge in [-0.2, -0.15) is 5.10 Å². The smallest absolute Gasteiger partial charge is 0.159 e. The summed E-state index contributed by atoms with van der Waals surface area (Å²) in [7, 11) is 0. The van der Waals surface area contributed by atoms with E-state index in [0.717, 1.165) is 67.4 Å². The molecule has 5 rings (SSSR count). The highest BCUT2D eigenvalue weighted by Crippen LogP contribution is 2.28. The van der Waals surface area contributed by atoms with Crippen molar-refractivity contribution < 1.29 is 0 Å². The zero-order valence-electron chi connectivity index (χ0n) is 21.9. The molecule has 190 valence electrons. The summed E-state index contributed by atoms with van der Waals surface area (Å²) in [4.78, 5) is 17.1. The maximum Gasteiger partial charge on any atom is 0.159 e. The van der Waals surface area contributed by atoms with Crippen molar-refractivity contribution >= 4 is 34.4 Å². The van der Waals surface area contributed by atoms with Gasteiger partial charge in [-0.05, 0) is 49.1 Å². The number of aromatic nitrogens is 6. The third-order valence-corrected chi connectivity index (χ3v) is 6.24. The van der Waals surface area contributed by atoms with Crippen molar-refractivity contribution in [2.45, 2.75) is 27.2 Å². The summed E-state index contributed by atoms with van der Waals surface area (Å²) in [5, 5.41) is 12.9. The predicted molar refractivity (Wildman–Crippen MR) is 156 cm³/mol. The minimum absolute atomic E-state index is 0.524. The zero-order valence-corrected chi connectivity index (χ0v) is 21.9. The highest BCUT2D eigenvalue weighted by Gasteiger charge is 2.14. The Kier molecular flexibility index (Phi) is 7.00. The molecule has 0 atom stereocenters. The summed E-state index contributed by atoms with van der Waals surface area (Å²) >= 11 is 0. The minimum atomic E-state index is 0.524. The van der Waals surface area contributed by atoms with Gasteiger partial charge < -0.3 is 10.3 Å². The monoisotopic (exact) mass is 501 g/mol. The van der Waals surface area contributed by atoms with Gasteiger partial charge in [-0.3, -0.25) is 15.1 Å². The molecule has 7 nitrogen and oxygen atoms in total. The lowest BCUT2D eigenvalue weighted by Crippen LogP contribution is -2.23. The number of nitrogens with zero attached hydrogens (tertiary/aromatic N) is 4. The quantitative estimate of drug-likeness (QED) is 0.254. The molecule has 4 aromatic heterocycles. The second-order valence-corrected chi connectivity index (χ2v) is 9.68. The molecule has 4 heterocycles. The fourth-order valence-corrected chi connectivity index (χ4v) is 4.50. The highest BCUT2D eigenvalue weighted by atomic mass is 15.1. The van der Waals surface area contributed by atoms with Crippen LogP contribution in [0.15, 0.2) is 80.0 Å². The highest BCUT2D eigenvalue weighted by molar-refractivity contribution is 5.94. The Balaban J connectivity index is 1.53.